The number of hydrogen-bond acceptors (Lipinski definition) is 6. The molecule has 1 saturated carbocycles. The zero-order chi connectivity index (χ0) is 13.2. The van der Waals surface area contributed by atoms with Crippen LogP contribution in [-0.4, -0.2) is 34.1 Å². The highest BCUT2D eigenvalue weighted by atomic mass is 15.3. The Bertz CT molecular complexity index is 443. The molecule has 2 heterocycles. The average molecular weight is 262 g/mol. The van der Waals surface area contributed by atoms with E-state index < -0.39 is 0 Å². The molecule has 1 aliphatic carbocycles. The van der Waals surface area contributed by atoms with Crippen molar-refractivity contribution >= 4 is 17.8 Å². The van der Waals surface area contributed by atoms with Crippen molar-refractivity contribution in [2.45, 2.75) is 45.1 Å². The van der Waals surface area contributed by atoms with Gasteiger partial charge in [0.15, 0.2) is 0 Å². The molecule has 2 unspecified atom stereocenters. The molecular formula is C13H22N6. The van der Waals surface area contributed by atoms with Crippen molar-refractivity contribution in [2.24, 2.45) is 5.92 Å². The lowest BCUT2D eigenvalue weighted by molar-refractivity contribution is 0.568. The second-order valence-corrected chi connectivity index (χ2v) is 5.52. The van der Waals surface area contributed by atoms with Crippen molar-refractivity contribution in [3.05, 3.63) is 0 Å². The Hall–Kier alpha value is -1.59. The summed E-state index contributed by atoms with van der Waals surface area (Å²) in [7, 11) is 0. The lowest BCUT2D eigenvalue weighted by Crippen LogP contribution is -2.31. The van der Waals surface area contributed by atoms with E-state index in [4.69, 9.17) is 5.73 Å². The van der Waals surface area contributed by atoms with Crippen LogP contribution in [0.2, 0.25) is 0 Å². The number of aromatic nitrogens is 3. The number of nitrogens with one attached hydrogen (secondary N) is 1. The molecule has 1 aromatic rings. The predicted molar refractivity (Wildman–Crippen MR) is 76.1 cm³/mol. The number of piperidine rings is 1. The molecule has 6 nitrogen and oxygen atoms in total. The highest BCUT2D eigenvalue weighted by Crippen LogP contribution is 2.35. The fraction of sp³-hybridized carbons (Fsp3) is 0.769. The topological polar surface area (TPSA) is 80.0 Å². The monoisotopic (exact) mass is 262 g/mol. The summed E-state index contributed by atoms with van der Waals surface area (Å²) in [6.07, 6.45) is 6.12. The van der Waals surface area contributed by atoms with Crippen LogP contribution in [0.4, 0.5) is 17.8 Å². The molecule has 2 atom stereocenters. The summed E-state index contributed by atoms with van der Waals surface area (Å²) in [5.74, 6) is 2.43. The minimum absolute atomic E-state index is 0.312. The van der Waals surface area contributed by atoms with Crippen LogP contribution in [0.15, 0.2) is 0 Å². The molecule has 19 heavy (non-hydrogen) atoms. The zero-order valence-electron chi connectivity index (χ0n) is 11.5. The van der Waals surface area contributed by atoms with Crippen molar-refractivity contribution in [3.63, 3.8) is 0 Å². The summed E-state index contributed by atoms with van der Waals surface area (Å²) in [4.78, 5) is 15.2. The first-order chi connectivity index (χ1) is 9.26. The van der Waals surface area contributed by atoms with Gasteiger partial charge in [0.1, 0.15) is 0 Å². The number of nitrogens with two attached hydrogens (primary N) is 1. The smallest absolute Gasteiger partial charge is 0.231 e. The molecule has 1 aliphatic heterocycles. The van der Waals surface area contributed by atoms with E-state index in [9.17, 15) is 0 Å². The Morgan fingerprint density at radius 2 is 2.00 bits per heavy atom. The van der Waals surface area contributed by atoms with Gasteiger partial charge in [0.05, 0.1) is 0 Å². The molecule has 2 fully saturated rings. The standard InChI is InChI=1S/C13H22N6/c1-2-9-8-10(9)15-12-16-11(14)17-13(18-12)19-6-4-3-5-7-19/h9-10H,2-8H2,1H3,(H3,14,15,16,17,18). The minimum atomic E-state index is 0.312. The first-order valence-electron chi connectivity index (χ1n) is 7.29. The van der Waals surface area contributed by atoms with Crippen molar-refractivity contribution in [1.82, 2.24) is 15.0 Å². The van der Waals surface area contributed by atoms with Gasteiger partial charge >= 0.3 is 0 Å². The molecular weight excluding hydrogens is 240 g/mol. The summed E-state index contributed by atoms with van der Waals surface area (Å²) in [6, 6.07) is 0.515. The van der Waals surface area contributed by atoms with Crippen LogP contribution in [0, 0.1) is 5.92 Å². The summed E-state index contributed by atoms with van der Waals surface area (Å²) in [6.45, 7) is 4.25. The summed E-state index contributed by atoms with van der Waals surface area (Å²) < 4.78 is 0. The Balaban J connectivity index is 1.72. The van der Waals surface area contributed by atoms with Crippen molar-refractivity contribution in [2.75, 3.05) is 29.0 Å². The van der Waals surface area contributed by atoms with Gasteiger partial charge in [-0.25, -0.2) is 0 Å². The maximum atomic E-state index is 5.80. The molecule has 0 spiro atoms. The summed E-state index contributed by atoms with van der Waals surface area (Å²) >= 11 is 0. The van der Waals surface area contributed by atoms with Gasteiger partial charge in [-0.15, -0.1) is 0 Å². The summed E-state index contributed by atoms with van der Waals surface area (Å²) in [5, 5.41) is 3.37. The highest BCUT2D eigenvalue weighted by molar-refractivity contribution is 5.43. The van der Waals surface area contributed by atoms with Crippen molar-refractivity contribution in [1.29, 1.82) is 0 Å². The molecule has 1 saturated heterocycles. The SMILES string of the molecule is CCC1CC1Nc1nc(N)nc(N2CCCCC2)n1. The van der Waals surface area contributed by atoms with Crippen LogP contribution in [0.5, 0.6) is 0 Å². The third-order valence-electron chi connectivity index (χ3n) is 4.04. The van der Waals surface area contributed by atoms with Gasteiger partial charge in [-0.1, -0.05) is 13.3 Å². The van der Waals surface area contributed by atoms with E-state index in [1.54, 1.807) is 0 Å². The van der Waals surface area contributed by atoms with E-state index >= 15 is 0 Å². The molecule has 0 amide bonds. The molecule has 104 valence electrons. The fourth-order valence-electron chi connectivity index (χ4n) is 2.72. The Kier molecular flexibility index (Phi) is 3.40. The Labute approximate surface area is 113 Å². The van der Waals surface area contributed by atoms with Crippen LogP contribution in [0.3, 0.4) is 0 Å². The van der Waals surface area contributed by atoms with Crippen LogP contribution < -0.4 is 16.0 Å². The van der Waals surface area contributed by atoms with E-state index in [1.807, 2.05) is 0 Å². The minimum Gasteiger partial charge on any atom is -0.368 e. The lowest BCUT2D eigenvalue weighted by atomic mass is 10.1. The number of hydrogen-bond donors (Lipinski definition) is 2. The van der Waals surface area contributed by atoms with Crippen LogP contribution in [0.25, 0.3) is 0 Å². The maximum Gasteiger partial charge on any atom is 0.231 e. The van der Waals surface area contributed by atoms with E-state index in [1.165, 1.54) is 32.1 Å². The van der Waals surface area contributed by atoms with E-state index in [-0.39, 0.29) is 0 Å². The lowest BCUT2D eigenvalue weighted by Gasteiger charge is -2.26. The molecule has 6 heteroatoms. The molecule has 0 bridgehead atoms. The molecule has 3 N–H and O–H groups in total. The average Bonchev–Trinajstić information content (AvgIpc) is 3.17. The molecule has 0 aromatic carbocycles. The van der Waals surface area contributed by atoms with Crippen molar-refractivity contribution < 1.29 is 0 Å². The quantitative estimate of drug-likeness (QED) is 0.859. The largest absolute Gasteiger partial charge is 0.368 e. The van der Waals surface area contributed by atoms with Crippen LogP contribution in [-0.2, 0) is 0 Å². The molecule has 1 aromatic heterocycles. The van der Waals surface area contributed by atoms with E-state index in [0.29, 0.717) is 17.9 Å². The van der Waals surface area contributed by atoms with Gasteiger partial charge in [0.25, 0.3) is 0 Å². The normalized spacial score (nSPS) is 26.3. The van der Waals surface area contributed by atoms with Gasteiger partial charge < -0.3 is 16.0 Å². The van der Waals surface area contributed by atoms with E-state index in [2.05, 4.69) is 32.1 Å². The third-order valence-corrected chi connectivity index (χ3v) is 4.04. The van der Waals surface area contributed by atoms with Gasteiger partial charge in [-0.05, 0) is 31.6 Å². The van der Waals surface area contributed by atoms with Crippen LogP contribution >= 0.6 is 0 Å². The van der Waals surface area contributed by atoms with Crippen LogP contribution in [0.1, 0.15) is 39.0 Å². The Morgan fingerprint density at radius 3 is 2.68 bits per heavy atom. The summed E-state index contributed by atoms with van der Waals surface area (Å²) in [5.41, 5.74) is 5.80. The first kappa shape index (κ1) is 12.4. The van der Waals surface area contributed by atoms with Gasteiger partial charge in [-0.3, -0.25) is 0 Å². The molecule has 0 radical (unpaired) electrons. The number of nitrogens with zero attached hydrogens (tertiary/aromatic N) is 4. The third kappa shape index (κ3) is 2.88. The second kappa shape index (κ2) is 5.19. The van der Waals surface area contributed by atoms with Gasteiger partial charge in [-0.2, -0.15) is 15.0 Å². The fourth-order valence-corrected chi connectivity index (χ4v) is 2.72. The maximum absolute atomic E-state index is 5.80. The molecule has 3 rings (SSSR count). The zero-order valence-corrected chi connectivity index (χ0v) is 11.5. The number of anilines is 3. The number of nitrogen functional groups attached to an aromatic ring is 1. The molecule has 2 aliphatic rings. The van der Waals surface area contributed by atoms with E-state index in [0.717, 1.165) is 25.0 Å². The van der Waals surface area contributed by atoms with Gasteiger partial charge in [0.2, 0.25) is 17.8 Å². The Morgan fingerprint density at radius 1 is 1.21 bits per heavy atom. The van der Waals surface area contributed by atoms with Crippen molar-refractivity contribution in [3.8, 4) is 0 Å². The predicted octanol–water partition coefficient (Wildman–Crippen LogP) is 1.65. The first-order valence-corrected chi connectivity index (χ1v) is 7.29. The number of rotatable bonds is 4. The highest BCUT2D eigenvalue weighted by Gasteiger charge is 2.36. The van der Waals surface area contributed by atoms with Gasteiger partial charge in [0, 0.05) is 19.1 Å². The second-order valence-electron chi connectivity index (χ2n) is 5.52.